The molecule has 0 spiro atoms. The Morgan fingerprint density at radius 2 is 1.88 bits per heavy atom. The Labute approximate surface area is 153 Å². The second-order valence-corrected chi connectivity index (χ2v) is 6.60. The topological polar surface area (TPSA) is 71.7 Å². The molecule has 1 atom stereocenters. The minimum atomic E-state index is 0.0766. The van der Waals surface area contributed by atoms with Gasteiger partial charge in [0.25, 0.3) is 0 Å². The maximum atomic E-state index is 12.5. The third-order valence-corrected chi connectivity index (χ3v) is 4.90. The van der Waals surface area contributed by atoms with Crippen LogP contribution in [0.4, 0.5) is 0 Å². The fourth-order valence-electron chi connectivity index (χ4n) is 3.20. The first-order valence-electron chi connectivity index (χ1n) is 9.01. The molecule has 0 aliphatic carbocycles. The monoisotopic (exact) mass is 358 g/mol. The van der Waals surface area contributed by atoms with Crippen LogP contribution in [0.15, 0.2) is 28.7 Å². The molecule has 1 saturated heterocycles. The van der Waals surface area contributed by atoms with Gasteiger partial charge in [0.2, 0.25) is 17.7 Å². The summed E-state index contributed by atoms with van der Waals surface area (Å²) in [6.45, 7) is 6.96. The number of carbonyl (C=O) groups excluding carboxylic acids is 1. The van der Waals surface area contributed by atoms with Gasteiger partial charge in [-0.05, 0) is 31.0 Å². The Bertz CT molecular complexity index is 721. The molecule has 1 aromatic heterocycles. The van der Waals surface area contributed by atoms with Gasteiger partial charge < -0.3 is 14.1 Å². The lowest BCUT2D eigenvalue weighted by Crippen LogP contribution is -2.49. The zero-order valence-electron chi connectivity index (χ0n) is 15.6. The maximum Gasteiger partial charge on any atom is 0.233 e. The first-order chi connectivity index (χ1) is 12.6. The van der Waals surface area contributed by atoms with E-state index in [0.717, 1.165) is 43.9 Å². The summed E-state index contributed by atoms with van der Waals surface area (Å²) >= 11 is 0. The smallest absolute Gasteiger partial charge is 0.233 e. The number of methoxy groups -OCH3 is 1. The van der Waals surface area contributed by atoms with Crippen LogP contribution in [0.5, 0.6) is 5.75 Å². The normalized spacial score (nSPS) is 16.5. The van der Waals surface area contributed by atoms with Crippen molar-refractivity contribution in [1.82, 2.24) is 20.0 Å². The Morgan fingerprint density at radius 3 is 2.46 bits per heavy atom. The van der Waals surface area contributed by atoms with Gasteiger partial charge in [-0.15, -0.1) is 10.2 Å². The zero-order chi connectivity index (χ0) is 18.5. The molecule has 2 aromatic rings. The molecule has 2 heterocycles. The first kappa shape index (κ1) is 18.4. The first-order valence-corrected chi connectivity index (χ1v) is 9.01. The fraction of sp³-hybridized carbons (Fsp3) is 0.526. The van der Waals surface area contributed by atoms with Crippen LogP contribution < -0.4 is 4.74 Å². The van der Waals surface area contributed by atoms with Crippen LogP contribution in [0.25, 0.3) is 0 Å². The van der Waals surface area contributed by atoms with E-state index in [2.05, 4.69) is 22.0 Å². The van der Waals surface area contributed by atoms with Crippen LogP contribution in [0.3, 0.4) is 0 Å². The van der Waals surface area contributed by atoms with Crippen LogP contribution in [0.2, 0.25) is 0 Å². The van der Waals surface area contributed by atoms with Crippen molar-refractivity contribution in [2.75, 3.05) is 33.3 Å². The summed E-state index contributed by atoms with van der Waals surface area (Å²) in [5, 5.41) is 8.00. The predicted molar refractivity (Wildman–Crippen MR) is 96.9 cm³/mol. The SMILES string of the molecule is COc1ccc(CCC(=O)N2CCN([C@H](C)c3nnc(C)o3)CC2)cc1. The van der Waals surface area contributed by atoms with E-state index in [1.165, 1.54) is 0 Å². The summed E-state index contributed by atoms with van der Waals surface area (Å²) in [7, 11) is 1.65. The highest BCUT2D eigenvalue weighted by atomic mass is 16.5. The summed E-state index contributed by atoms with van der Waals surface area (Å²) in [6.07, 6.45) is 1.28. The van der Waals surface area contributed by atoms with Gasteiger partial charge in [0.1, 0.15) is 5.75 Å². The number of aryl methyl sites for hydroxylation is 2. The molecule has 1 amide bonds. The minimum absolute atomic E-state index is 0.0766. The van der Waals surface area contributed by atoms with Gasteiger partial charge in [0.05, 0.1) is 13.2 Å². The van der Waals surface area contributed by atoms with Crippen molar-refractivity contribution in [3.8, 4) is 5.75 Å². The summed E-state index contributed by atoms with van der Waals surface area (Å²) in [5.74, 6) is 2.27. The lowest BCUT2D eigenvalue weighted by Gasteiger charge is -2.37. The van der Waals surface area contributed by atoms with Crippen LogP contribution in [0, 0.1) is 6.92 Å². The van der Waals surface area contributed by atoms with E-state index in [-0.39, 0.29) is 11.9 Å². The minimum Gasteiger partial charge on any atom is -0.497 e. The van der Waals surface area contributed by atoms with Crippen molar-refractivity contribution in [2.45, 2.75) is 32.7 Å². The van der Waals surface area contributed by atoms with Crippen molar-refractivity contribution in [3.63, 3.8) is 0 Å². The van der Waals surface area contributed by atoms with Crippen LogP contribution in [0.1, 0.15) is 36.7 Å². The molecular weight excluding hydrogens is 332 g/mol. The number of piperazine rings is 1. The summed E-state index contributed by atoms with van der Waals surface area (Å²) < 4.78 is 10.7. The lowest BCUT2D eigenvalue weighted by molar-refractivity contribution is -0.133. The molecule has 7 heteroatoms. The van der Waals surface area contributed by atoms with Gasteiger partial charge in [-0.2, -0.15) is 0 Å². The number of hydrogen-bond acceptors (Lipinski definition) is 6. The molecule has 1 aromatic carbocycles. The Balaban J connectivity index is 1.45. The van der Waals surface area contributed by atoms with E-state index in [4.69, 9.17) is 9.15 Å². The summed E-state index contributed by atoms with van der Waals surface area (Å²) in [6, 6.07) is 7.96. The number of amides is 1. The second kappa shape index (κ2) is 8.31. The molecule has 26 heavy (non-hydrogen) atoms. The van der Waals surface area contributed by atoms with Crippen molar-refractivity contribution in [3.05, 3.63) is 41.6 Å². The van der Waals surface area contributed by atoms with Gasteiger partial charge in [-0.3, -0.25) is 9.69 Å². The highest BCUT2D eigenvalue weighted by Gasteiger charge is 2.27. The molecule has 0 radical (unpaired) electrons. The number of carbonyl (C=O) groups is 1. The zero-order valence-corrected chi connectivity index (χ0v) is 15.6. The number of aromatic nitrogens is 2. The van der Waals surface area contributed by atoms with Gasteiger partial charge in [0, 0.05) is 39.5 Å². The maximum absolute atomic E-state index is 12.5. The molecule has 0 bridgehead atoms. The summed E-state index contributed by atoms with van der Waals surface area (Å²) in [5.41, 5.74) is 1.15. The average Bonchev–Trinajstić information content (AvgIpc) is 3.12. The van der Waals surface area contributed by atoms with Gasteiger partial charge in [-0.1, -0.05) is 12.1 Å². The molecule has 0 unspecified atom stereocenters. The van der Waals surface area contributed by atoms with E-state index in [1.807, 2.05) is 29.2 Å². The standard InChI is InChI=1S/C19H26N4O3/c1-14(19-21-20-15(2)26-19)22-10-12-23(13-11-22)18(24)9-6-16-4-7-17(25-3)8-5-16/h4-5,7-8,14H,6,9-13H2,1-3H3/t14-/m1/s1. The highest BCUT2D eigenvalue weighted by molar-refractivity contribution is 5.76. The molecule has 1 aliphatic heterocycles. The van der Waals surface area contributed by atoms with E-state index in [0.29, 0.717) is 18.2 Å². The van der Waals surface area contributed by atoms with Gasteiger partial charge in [0.15, 0.2) is 0 Å². The van der Waals surface area contributed by atoms with Crippen molar-refractivity contribution >= 4 is 5.91 Å². The number of benzene rings is 1. The third kappa shape index (κ3) is 4.40. The van der Waals surface area contributed by atoms with Gasteiger partial charge in [-0.25, -0.2) is 0 Å². The van der Waals surface area contributed by atoms with Crippen LogP contribution >= 0.6 is 0 Å². The van der Waals surface area contributed by atoms with E-state index in [9.17, 15) is 4.79 Å². The molecule has 0 N–H and O–H groups in total. The highest BCUT2D eigenvalue weighted by Crippen LogP contribution is 2.21. The second-order valence-electron chi connectivity index (χ2n) is 6.60. The van der Waals surface area contributed by atoms with E-state index >= 15 is 0 Å². The fourth-order valence-corrected chi connectivity index (χ4v) is 3.20. The number of ether oxygens (including phenoxy) is 1. The predicted octanol–water partition coefficient (Wildman–Crippen LogP) is 2.22. The number of hydrogen-bond donors (Lipinski definition) is 0. The Morgan fingerprint density at radius 1 is 1.19 bits per heavy atom. The molecule has 140 valence electrons. The van der Waals surface area contributed by atoms with E-state index in [1.54, 1.807) is 14.0 Å². The molecule has 1 fully saturated rings. The molecule has 3 rings (SSSR count). The molecule has 1 aliphatic rings. The number of nitrogens with zero attached hydrogens (tertiary/aromatic N) is 4. The number of rotatable bonds is 6. The Hall–Kier alpha value is -2.41. The van der Waals surface area contributed by atoms with Crippen molar-refractivity contribution < 1.29 is 13.9 Å². The Kier molecular flexibility index (Phi) is 5.88. The van der Waals surface area contributed by atoms with Crippen molar-refractivity contribution in [1.29, 1.82) is 0 Å². The van der Waals surface area contributed by atoms with Crippen LogP contribution in [-0.2, 0) is 11.2 Å². The molecular formula is C19H26N4O3. The summed E-state index contributed by atoms with van der Waals surface area (Å²) in [4.78, 5) is 16.7. The van der Waals surface area contributed by atoms with E-state index < -0.39 is 0 Å². The quantitative estimate of drug-likeness (QED) is 0.788. The lowest BCUT2D eigenvalue weighted by atomic mass is 10.1. The molecule has 0 saturated carbocycles. The largest absolute Gasteiger partial charge is 0.497 e. The third-order valence-electron chi connectivity index (χ3n) is 4.90. The molecule has 7 nitrogen and oxygen atoms in total. The van der Waals surface area contributed by atoms with Gasteiger partial charge >= 0.3 is 0 Å². The average molecular weight is 358 g/mol. The van der Waals surface area contributed by atoms with Crippen LogP contribution in [-0.4, -0.2) is 59.2 Å². The van der Waals surface area contributed by atoms with Crippen molar-refractivity contribution in [2.24, 2.45) is 0 Å².